The molecular weight excluding hydrogens is 294 g/mol. The van der Waals surface area contributed by atoms with Gasteiger partial charge in [-0.05, 0) is 32.5 Å². The van der Waals surface area contributed by atoms with E-state index in [1.165, 1.54) is 0 Å². The standard InChI is InChI=1S/C17H23N3O3/c1-12(19(2)14-9-10-15(21)18-17(14)23)11-16(22)20(3)13-7-5-4-6-8-13/h4-8,12,14H,9-11H2,1-3H3,(H,18,21,23). The number of carbonyl (C=O) groups excluding carboxylic acids is 3. The van der Waals surface area contributed by atoms with Crippen LogP contribution in [0.15, 0.2) is 30.3 Å². The third-order valence-electron chi connectivity index (χ3n) is 4.38. The number of benzene rings is 1. The number of hydrogen-bond donors (Lipinski definition) is 1. The molecule has 1 aromatic rings. The molecule has 1 fully saturated rings. The molecule has 0 bridgehead atoms. The van der Waals surface area contributed by atoms with Gasteiger partial charge in [-0.3, -0.25) is 24.6 Å². The summed E-state index contributed by atoms with van der Waals surface area (Å²) in [6.07, 6.45) is 1.14. The molecule has 6 heteroatoms. The Bertz CT molecular complexity index is 588. The van der Waals surface area contributed by atoms with Crippen molar-refractivity contribution in [1.29, 1.82) is 0 Å². The monoisotopic (exact) mass is 317 g/mol. The number of para-hydroxylation sites is 1. The summed E-state index contributed by atoms with van der Waals surface area (Å²) in [5, 5.41) is 2.35. The number of likely N-dealkylation sites (N-methyl/N-ethyl adjacent to an activating group) is 1. The zero-order valence-corrected chi connectivity index (χ0v) is 13.8. The van der Waals surface area contributed by atoms with Crippen LogP contribution in [0.2, 0.25) is 0 Å². The van der Waals surface area contributed by atoms with Gasteiger partial charge in [0.15, 0.2) is 0 Å². The lowest BCUT2D eigenvalue weighted by molar-refractivity contribution is -0.138. The summed E-state index contributed by atoms with van der Waals surface area (Å²) in [6, 6.07) is 8.98. The van der Waals surface area contributed by atoms with Crippen LogP contribution in [-0.4, -0.2) is 48.8 Å². The highest BCUT2D eigenvalue weighted by atomic mass is 16.2. The fraction of sp³-hybridized carbons (Fsp3) is 0.471. The molecule has 0 radical (unpaired) electrons. The second-order valence-electron chi connectivity index (χ2n) is 5.97. The molecule has 1 N–H and O–H groups in total. The minimum atomic E-state index is -0.363. The number of imide groups is 1. The van der Waals surface area contributed by atoms with Crippen LogP contribution in [0.1, 0.15) is 26.2 Å². The minimum absolute atomic E-state index is 0.0113. The molecule has 124 valence electrons. The van der Waals surface area contributed by atoms with Crippen molar-refractivity contribution < 1.29 is 14.4 Å². The quantitative estimate of drug-likeness (QED) is 0.828. The van der Waals surface area contributed by atoms with Gasteiger partial charge in [-0.1, -0.05) is 18.2 Å². The van der Waals surface area contributed by atoms with Gasteiger partial charge in [0.1, 0.15) is 0 Å². The number of rotatable bonds is 5. The molecule has 1 heterocycles. The van der Waals surface area contributed by atoms with Crippen molar-refractivity contribution in [1.82, 2.24) is 10.2 Å². The lowest BCUT2D eigenvalue weighted by Gasteiger charge is -2.34. The van der Waals surface area contributed by atoms with E-state index in [4.69, 9.17) is 0 Å². The Labute approximate surface area is 136 Å². The van der Waals surface area contributed by atoms with Crippen molar-refractivity contribution in [2.24, 2.45) is 0 Å². The molecule has 2 atom stereocenters. The summed E-state index contributed by atoms with van der Waals surface area (Å²) in [7, 11) is 3.57. The molecule has 1 aromatic carbocycles. The normalized spacial score (nSPS) is 19.4. The summed E-state index contributed by atoms with van der Waals surface area (Å²) < 4.78 is 0. The highest BCUT2D eigenvalue weighted by Gasteiger charge is 2.32. The molecule has 0 aromatic heterocycles. The van der Waals surface area contributed by atoms with Crippen molar-refractivity contribution in [3.05, 3.63) is 30.3 Å². The van der Waals surface area contributed by atoms with Crippen LogP contribution in [0.4, 0.5) is 5.69 Å². The fourth-order valence-electron chi connectivity index (χ4n) is 2.71. The third-order valence-corrected chi connectivity index (χ3v) is 4.38. The molecule has 1 aliphatic heterocycles. The Hall–Kier alpha value is -2.21. The predicted molar refractivity (Wildman–Crippen MR) is 87.9 cm³/mol. The molecule has 0 spiro atoms. The molecule has 1 saturated heterocycles. The van der Waals surface area contributed by atoms with E-state index in [0.717, 1.165) is 5.69 Å². The van der Waals surface area contributed by atoms with E-state index < -0.39 is 0 Å². The maximum atomic E-state index is 12.4. The number of amides is 3. The Morgan fingerprint density at radius 2 is 1.91 bits per heavy atom. The maximum Gasteiger partial charge on any atom is 0.243 e. The van der Waals surface area contributed by atoms with Crippen molar-refractivity contribution in [3.8, 4) is 0 Å². The summed E-state index contributed by atoms with van der Waals surface area (Å²) >= 11 is 0. The molecular formula is C17H23N3O3. The van der Waals surface area contributed by atoms with Gasteiger partial charge in [-0.15, -0.1) is 0 Å². The van der Waals surface area contributed by atoms with Gasteiger partial charge in [0.05, 0.1) is 6.04 Å². The van der Waals surface area contributed by atoms with Gasteiger partial charge < -0.3 is 4.90 Å². The molecule has 2 rings (SSSR count). The number of piperidine rings is 1. The van der Waals surface area contributed by atoms with Crippen LogP contribution < -0.4 is 10.2 Å². The van der Waals surface area contributed by atoms with Crippen LogP contribution >= 0.6 is 0 Å². The Kier molecular flexibility index (Phi) is 5.50. The second kappa shape index (κ2) is 7.37. The molecule has 1 aliphatic rings. The highest BCUT2D eigenvalue weighted by molar-refractivity contribution is 6.00. The Morgan fingerprint density at radius 3 is 2.52 bits per heavy atom. The number of hydrogen-bond acceptors (Lipinski definition) is 4. The molecule has 23 heavy (non-hydrogen) atoms. The zero-order valence-electron chi connectivity index (χ0n) is 13.8. The minimum Gasteiger partial charge on any atom is -0.315 e. The van der Waals surface area contributed by atoms with Crippen LogP contribution in [0, 0.1) is 0 Å². The average Bonchev–Trinajstić information content (AvgIpc) is 2.54. The van der Waals surface area contributed by atoms with Crippen molar-refractivity contribution in [2.75, 3.05) is 19.0 Å². The summed E-state index contributed by atoms with van der Waals surface area (Å²) in [6.45, 7) is 1.92. The lowest BCUT2D eigenvalue weighted by Crippen LogP contribution is -2.54. The average molecular weight is 317 g/mol. The predicted octanol–water partition coefficient (Wildman–Crippen LogP) is 1.16. The molecule has 2 unspecified atom stereocenters. The van der Waals surface area contributed by atoms with Gasteiger partial charge in [-0.2, -0.15) is 0 Å². The van der Waals surface area contributed by atoms with Crippen LogP contribution in [0.5, 0.6) is 0 Å². The number of nitrogens with one attached hydrogen (secondary N) is 1. The van der Waals surface area contributed by atoms with E-state index in [2.05, 4.69) is 5.32 Å². The molecule has 0 aliphatic carbocycles. The van der Waals surface area contributed by atoms with Crippen LogP contribution in [0.25, 0.3) is 0 Å². The van der Waals surface area contributed by atoms with Crippen molar-refractivity contribution >= 4 is 23.4 Å². The van der Waals surface area contributed by atoms with E-state index in [0.29, 0.717) is 19.3 Å². The van der Waals surface area contributed by atoms with Crippen molar-refractivity contribution in [3.63, 3.8) is 0 Å². The SMILES string of the molecule is CC(CC(=O)N(C)c1ccccc1)N(C)C1CCC(=O)NC1=O. The fourth-order valence-corrected chi connectivity index (χ4v) is 2.71. The summed E-state index contributed by atoms with van der Waals surface area (Å²) in [5.41, 5.74) is 0.841. The highest BCUT2D eigenvalue weighted by Crippen LogP contribution is 2.17. The van der Waals surface area contributed by atoms with Gasteiger partial charge in [0, 0.05) is 31.6 Å². The smallest absolute Gasteiger partial charge is 0.243 e. The summed E-state index contributed by atoms with van der Waals surface area (Å²) in [4.78, 5) is 39.1. The lowest BCUT2D eigenvalue weighted by atomic mass is 10.0. The van der Waals surface area contributed by atoms with E-state index in [9.17, 15) is 14.4 Å². The third kappa shape index (κ3) is 4.16. The van der Waals surface area contributed by atoms with Gasteiger partial charge in [-0.25, -0.2) is 0 Å². The zero-order chi connectivity index (χ0) is 17.0. The van der Waals surface area contributed by atoms with Crippen LogP contribution in [0.3, 0.4) is 0 Å². The number of carbonyl (C=O) groups is 3. The first-order valence-electron chi connectivity index (χ1n) is 7.77. The maximum absolute atomic E-state index is 12.4. The molecule has 0 saturated carbocycles. The second-order valence-corrected chi connectivity index (χ2v) is 5.97. The first-order chi connectivity index (χ1) is 10.9. The summed E-state index contributed by atoms with van der Waals surface area (Å²) in [5.74, 6) is -0.519. The van der Waals surface area contributed by atoms with E-state index in [1.807, 2.05) is 49.2 Å². The van der Waals surface area contributed by atoms with E-state index >= 15 is 0 Å². The van der Waals surface area contributed by atoms with Gasteiger partial charge >= 0.3 is 0 Å². The van der Waals surface area contributed by atoms with E-state index in [-0.39, 0.29) is 29.8 Å². The first-order valence-corrected chi connectivity index (χ1v) is 7.77. The number of anilines is 1. The largest absolute Gasteiger partial charge is 0.315 e. The number of nitrogens with zero attached hydrogens (tertiary/aromatic N) is 2. The topological polar surface area (TPSA) is 69.7 Å². The molecule has 6 nitrogen and oxygen atoms in total. The molecule has 3 amide bonds. The van der Waals surface area contributed by atoms with Crippen molar-refractivity contribution in [2.45, 2.75) is 38.3 Å². The van der Waals surface area contributed by atoms with Gasteiger partial charge in [0.2, 0.25) is 17.7 Å². The Balaban J connectivity index is 1.95. The van der Waals surface area contributed by atoms with Gasteiger partial charge in [0.25, 0.3) is 0 Å². The first kappa shape index (κ1) is 17.1. The Morgan fingerprint density at radius 1 is 1.26 bits per heavy atom. The van der Waals surface area contributed by atoms with Crippen LogP contribution in [-0.2, 0) is 14.4 Å². The van der Waals surface area contributed by atoms with E-state index in [1.54, 1.807) is 11.9 Å².